The smallest absolute Gasteiger partial charge is 0.253 e. The molecule has 4 nitrogen and oxygen atoms in total. The number of hydrogen-bond acceptors (Lipinski definition) is 2. The fourth-order valence-corrected chi connectivity index (χ4v) is 2.52. The van der Waals surface area contributed by atoms with Crippen LogP contribution in [0.3, 0.4) is 0 Å². The highest BCUT2D eigenvalue weighted by Gasteiger charge is 2.11. The van der Waals surface area contributed by atoms with Crippen LogP contribution in [-0.4, -0.2) is 18.4 Å². The van der Waals surface area contributed by atoms with Gasteiger partial charge in [0.15, 0.2) is 0 Å². The van der Waals surface area contributed by atoms with E-state index in [4.69, 9.17) is 34.8 Å². The summed E-state index contributed by atoms with van der Waals surface area (Å²) in [5.41, 5.74) is 1.06. The second-order valence-electron chi connectivity index (χ2n) is 4.67. The van der Waals surface area contributed by atoms with Crippen molar-refractivity contribution < 1.29 is 9.59 Å². The van der Waals surface area contributed by atoms with E-state index in [9.17, 15) is 9.59 Å². The van der Waals surface area contributed by atoms with Crippen LogP contribution in [0.15, 0.2) is 42.5 Å². The van der Waals surface area contributed by atoms with Crippen molar-refractivity contribution in [1.29, 1.82) is 0 Å². The van der Waals surface area contributed by atoms with Gasteiger partial charge in [0.25, 0.3) is 5.91 Å². The van der Waals surface area contributed by atoms with E-state index in [1.807, 2.05) is 0 Å². The van der Waals surface area contributed by atoms with Crippen LogP contribution in [0.4, 0.5) is 0 Å². The molecule has 2 amide bonds. The van der Waals surface area contributed by atoms with E-state index in [1.165, 1.54) is 0 Å². The first-order valence-corrected chi connectivity index (χ1v) is 7.84. The van der Waals surface area contributed by atoms with Crippen molar-refractivity contribution in [2.75, 3.05) is 6.54 Å². The maximum Gasteiger partial charge on any atom is 0.253 e. The minimum Gasteiger partial charge on any atom is -0.350 e. The Labute approximate surface area is 148 Å². The highest BCUT2D eigenvalue weighted by Crippen LogP contribution is 2.20. The Hall–Kier alpha value is -1.75. The van der Waals surface area contributed by atoms with Crippen LogP contribution in [-0.2, 0) is 11.3 Å². The van der Waals surface area contributed by atoms with Gasteiger partial charge in [0.2, 0.25) is 5.91 Å². The van der Waals surface area contributed by atoms with Gasteiger partial charge in [-0.1, -0.05) is 53.0 Å². The number of hydrogen-bond donors (Lipinski definition) is 2. The molecule has 0 aromatic heterocycles. The van der Waals surface area contributed by atoms with Crippen molar-refractivity contribution in [2.24, 2.45) is 0 Å². The molecule has 0 aliphatic carbocycles. The minimum atomic E-state index is -0.407. The van der Waals surface area contributed by atoms with Gasteiger partial charge in [-0.3, -0.25) is 9.59 Å². The molecule has 2 rings (SSSR count). The van der Waals surface area contributed by atoms with Crippen molar-refractivity contribution in [1.82, 2.24) is 10.6 Å². The summed E-state index contributed by atoms with van der Waals surface area (Å²) < 4.78 is 0. The van der Waals surface area contributed by atoms with Gasteiger partial charge in [-0.05, 0) is 29.8 Å². The lowest BCUT2D eigenvalue weighted by molar-refractivity contribution is -0.120. The quantitative estimate of drug-likeness (QED) is 0.842. The van der Waals surface area contributed by atoms with Gasteiger partial charge in [0, 0.05) is 16.6 Å². The zero-order valence-corrected chi connectivity index (χ0v) is 14.2. The van der Waals surface area contributed by atoms with Crippen molar-refractivity contribution in [3.05, 3.63) is 68.7 Å². The van der Waals surface area contributed by atoms with E-state index in [-0.39, 0.29) is 19.0 Å². The number of rotatable bonds is 5. The largest absolute Gasteiger partial charge is 0.350 e. The molecule has 0 fully saturated rings. The van der Waals surface area contributed by atoms with Crippen LogP contribution in [0.2, 0.25) is 15.1 Å². The van der Waals surface area contributed by atoms with Crippen LogP contribution in [0.25, 0.3) is 0 Å². The number of amides is 2. The number of benzene rings is 2. The fourth-order valence-electron chi connectivity index (χ4n) is 1.82. The molecule has 2 aromatic carbocycles. The molecular formula is C16H13Cl3N2O2. The minimum absolute atomic E-state index is 0.157. The Balaban J connectivity index is 1.83. The molecule has 2 N–H and O–H groups in total. The zero-order chi connectivity index (χ0) is 16.8. The SMILES string of the molecule is O=C(CNC(=O)c1ccccc1Cl)NCc1ccc(Cl)cc1Cl. The predicted molar refractivity (Wildman–Crippen MR) is 92.1 cm³/mol. The molecule has 0 unspecified atom stereocenters. The summed E-state index contributed by atoms with van der Waals surface area (Å²) in [6, 6.07) is 11.6. The molecule has 0 heterocycles. The summed E-state index contributed by atoms with van der Waals surface area (Å²) >= 11 is 17.7. The molecule has 0 aliphatic rings. The lowest BCUT2D eigenvalue weighted by Crippen LogP contribution is -2.36. The molecule has 0 bridgehead atoms. The molecule has 0 saturated carbocycles. The van der Waals surface area contributed by atoms with Crippen molar-refractivity contribution >= 4 is 46.6 Å². The lowest BCUT2D eigenvalue weighted by Gasteiger charge is -2.09. The molecule has 0 aliphatic heterocycles. The van der Waals surface area contributed by atoms with Crippen LogP contribution in [0.5, 0.6) is 0 Å². The number of carbonyl (C=O) groups is 2. The Kier molecular flexibility index (Phi) is 6.28. The second kappa shape index (κ2) is 8.20. The van der Waals surface area contributed by atoms with Crippen LogP contribution < -0.4 is 10.6 Å². The predicted octanol–water partition coefficient (Wildman–Crippen LogP) is 3.69. The average molecular weight is 372 g/mol. The third kappa shape index (κ3) is 5.13. The molecule has 0 radical (unpaired) electrons. The first-order chi connectivity index (χ1) is 11.0. The number of halogens is 3. The summed E-state index contributed by atoms with van der Waals surface area (Å²) in [7, 11) is 0. The average Bonchev–Trinajstić information content (AvgIpc) is 2.52. The summed E-state index contributed by atoms with van der Waals surface area (Å²) in [5.74, 6) is -0.744. The summed E-state index contributed by atoms with van der Waals surface area (Å²) in [6.07, 6.45) is 0. The maximum atomic E-state index is 11.9. The van der Waals surface area contributed by atoms with E-state index in [0.717, 1.165) is 5.56 Å². The van der Waals surface area contributed by atoms with E-state index in [1.54, 1.807) is 42.5 Å². The monoisotopic (exact) mass is 370 g/mol. The molecule has 0 atom stereocenters. The van der Waals surface area contributed by atoms with Gasteiger partial charge in [0.1, 0.15) is 0 Å². The normalized spacial score (nSPS) is 10.2. The van der Waals surface area contributed by atoms with E-state index >= 15 is 0 Å². The number of carbonyl (C=O) groups excluding carboxylic acids is 2. The van der Waals surface area contributed by atoms with Gasteiger partial charge in [0.05, 0.1) is 17.1 Å². The van der Waals surface area contributed by atoms with Gasteiger partial charge in [-0.15, -0.1) is 0 Å². The molecule has 0 spiro atoms. The first-order valence-electron chi connectivity index (χ1n) is 6.70. The molecule has 23 heavy (non-hydrogen) atoms. The highest BCUT2D eigenvalue weighted by molar-refractivity contribution is 6.35. The number of nitrogens with one attached hydrogen (secondary N) is 2. The van der Waals surface area contributed by atoms with Crippen LogP contribution in [0, 0.1) is 0 Å². The highest BCUT2D eigenvalue weighted by atomic mass is 35.5. The van der Waals surface area contributed by atoms with Crippen LogP contribution in [0.1, 0.15) is 15.9 Å². The topological polar surface area (TPSA) is 58.2 Å². The fraction of sp³-hybridized carbons (Fsp3) is 0.125. The summed E-state index contributed by atoms with van der Waals surface area (Å²) in [6.45, 7) is 0.0893. The van der Waals surface area contributed by atoms with Crippen molar-refractivity contribution in [3.8, 4) is 0 Å². The molecule has 2 aromatic rings. The molecule has 0 saturated heterocycles. The zero-order valence-electron chi connectivity index (χ0n) is 11.9. The molecule has 7 heteroatoms. The van der Waals surface area contributed by atoms with Gasteiger partial charge in [-0.2, -0.15) is 0 Å². The van der Waals surface area contributed by atoms with Crippen molar-refractivity contribution in [3.63, 3.8) is 0 Å². The van der Waals surface area contributed by atoms with Crippen molar-refractivity contribution in [2.45, 2.75) is 6.54 Å². The van der Waals surface area contributed by atoms with E-state index < -0.39 is 5.91 Å². The second-order valence-corrected chi connectivity index (χ2v) is 5.93. The summed E-state index contributed by atoms with van der Waals surface area (Å²) in [4.78, 5) is 23.7. The van der Waals surface area contributed by atoms with Gasteiger partial charge >= 0.3 is 0 Å². The third-order valence-electron chi connectivity index (χ3n) is 3.02. The molecule has 120 valence electrons. The van der Waals surface area contributed by atoms with Crippen LogP contribution >= 0.6 is 34.8 Å². The lowest BCUT2D eigenvalue weighted by atomic mass is 10.2. The Bertz CT molecular complexity index is 735. The summed E-state index contributed by atoms with van der Waals surface area (Å²) in [5, 5.41) is 6.50. The first kappa shape index (κ1) is 17.6. The van der Waals surface area contributed by atoms with Gasteiger partial charge in [-0.25, -0.2) is 0 Å². The molecular weight excluding hydrogens is 359 g/mol. The Morgan fingerprint density at radius 1 is 0.913 bits per heavy atom. The van der Waals surface area contributed by atoms with E-state index in [0.29, 0.717) is 20.6 Å². The third-order valence-corrected chi connectivity index (χ3v) is 3.94. The van der Waals surface area contributed by atoms with E-state index in [2.05, 4.69) is 10.6 Å². The van der Waals surface area contributed by atoms with Gasteiger partial charge < -0.3 is 10.6 Å². The maximum absolute atomic E-state index is 11.9. The standard InChI is InChI=1S/C16H13Cl3N2O2/c17-11-6-5-10(14(19)7-11)8-20-15(22)9-21-16(23)12-3-1-2-4-13(12)18/h1-7H,8-9H2,(H,20,22)(H,21,23). The Morgan fingerprint density at radius 3 is 2.35 bits per heavy atom. The Morgan fingerprint density at radius 2 is 1.65 bits per heavy atom.